The molecular formula is C19H18ClN3O3S. The number of rotatable bonds is 5. The molecule has 0 saturated heterocycles. The molecule has 27 heavy (non-hydrogen) atoms. The van der Waals surface area contributed by atoms with Gasteiger partial charge < -0.3 is 9.47 Å². The van der Waals surface area contributed by atoms with Gasteiger partial charge in [-0.1, -0.05) is 53.7 Å². The van der Waals surface area contributed by atoms with E-state index in [0.717, 1.165) is 17.5 Å². The molecule has 0 bridgehead atoms. The number of nitrogens with one attached hydrogen (secondary N) is 1. The lowest BCUT2D eigenvalue weighted by molar-refractivity contribution is 0.297. The maximum absolute atomic E-state index is 12.1. The fourth-order valence-corrected chi connectivity index (χ4v) is 4.00. The minimum atomic E-state index is -0.224. The van der Waals surface area contributed by atoms with Gasteiger partial charge in [0.05, 0.1) is 24.8 Å². The van der Waals surface area contributed by atoms with Crippen LogP contribution < -0.4 is 15.2 Å². The number of nitrogens with zero attached hydrogens (tertiary/aromatic N) is 2. The molecule has 0 radical (unpaired) electrons. The molecule has 0 saturated carbocycles. The van der Waals surface area contributed by atoms with Crippen molar-refractivity contribution in [3.8, 4) is 11.5 Å². The van der Waals surface area contributed by atoms with E-state index < -0.39 is 0 Å². The third-order valence-corrected chi connectivity index (χ3v) is 5.46. The van der Waals surface area contributed by atoms with Crippen LogP contribution in [0, 0.1) is 0 Å². The Morgan fingerprint density at radius 1 is 1.15 bits per heavy atom. The Morgan fingerprint density at radius 2 is 1.96 bits per heavy atom. The molecule has 1 N–H and O–H groups in total. The fraction of sp³-hybridized carbons (Fsp3) is 0.263. The molecule has 0 unspecified atom stereocenters. The van der Waals surface area contributed by atoms with Crippen LogP contribution in [-0.4, -0.2) is 28.0 Å². The fourth-order valence-electron chi connectivity index (χ4n) is 2.83. The Hall–Kier alpha value is -2.38. The SMILES string of the molecule is O=c1[nH]nc(SCc2cc(Cl)c3c(c2)OCCCO3)n1Cc1ccccc1. The molecule has 1 aromatic heterocycles. The van der Waals surface area contributed by atoms with Crippen molar-refractivity contribution in [1.29, 1.82) is 0 Å². The number of hydrogen-bond acceptors (Lipinski definition) is 5. The first-order valence-corrected chi connectivity index (χ1v) is 9.97. The maximum Gasteiger partial charge on any atom is 0.344 e. The maximum atomic E-state index is 12.1. The van der Waals surface area contributed by atoms with E-state index in [-0.39, 0.29) is 5.69 Å². The number of benzene rings is 2. The number of aromatic nitrogens is 3. The number of H-pyrrole nitrogens is 1. The Balaban J connectivity index is 1.52. The van der Waals surface area contributed by atoms with Gasteiger partial charge in [-0.25, -0.2) is 9.89 Å². The summed E-state index contributed by atoms with van der Waals surface area (Å²) in [6, 6.07) is 13.6. The standard InChI is InChI=1S/C19H18ClN3O3S/c20-15-9-14(10-16-17(15)26-8-4-7-25-16)12-27-19-22-21-18(24)23(19)11-13-5-2-1-3-6-13/h1-3,5-6,9-10H,4,7-8,11-12H2,(H,21,24). The number of fused-ring (bicyclic) bond motifs is 1. The van der Waals surface area contributed by atoms with Gasteiger partial charge in [0.2, 0.25) is 0 Å². The van der Waals surface area contributed by atoms with Crippen LogP contribution in [0.3, 0.4) is 0 Å². The van der Waals surface area contributed by atoms with E-state index in [2.05, 4.69) is 10.2 Å². The minimum Gasteiger partial charge on any atom is -0.489 e. The predicted octanol–water partition coefficient (Wildman–Crippen LogP) is 3.73. The second kappa shape index (κ2) is 8.10. The second-order valence-electron chi connectivity index (χ2n) is 6.13. The van der Waals surface area contributed by atoms with Crippen LogP contribution in [0.25, 0.3) is 0 Å². The van der Waals surface area contributed by atoms with Crippen molar-refractivity contribution in [3.63, 3.8) is 0 Å². The van der Waals surface area contributed by atoms with Crippen LogP contribution in [0.1, 0.15) is 17.5 Å². The van der Waals surface area contributed by atoms with Gasteiger partial charge in [0.15, 0.2) is 16.7 Å². The van der Waals surface area contributed by atoms with Gasteiger partial charge >= 0.3 is 5.69 Å². The van der Waals surface area contributed by atoms with E-state index in [9.17, 15) is 4.79 Å². The molecule has 2 aromatic carbocycles. The van der Waals surface area contributed by atoms with Crippen molar-refractivity contribution in [2.75, 3.05) is 13.2 Å². The van der Waals surface area contributed by atoms with Crippen LogP contribution in [0.4, 0.5) is 0 Å². The van der Waals surface area contributed by atoms with Gasteiger partial charge in [-0.15, -0.1) is 5.10 Å². The summed E-state index contributed by atoms with van der Waals surface area (Å²) in [6.07, 6.45) is 0.828. The highest BCUT2D eigenvalue weighted by Gasteiger charge is 2.16. The van der Waals surface area contributed by atoms with E-state index in [1.54, 1.807) is 4.57 Å². The largest absolute Gasteiger partial charge is 0.489 e. The van der Waals surface area contributed by atoms with Gasteiger partial charge in [-0.05, 0) is 23.3 Å². The number of hydrogen-bond donors (Lipinski definition) is 1. The summed E-state index contributed by atoms with van der Waals surface area (Å²) in [4.78, 5) is 12.1. The van der Waals surface area contributed by atoms with E-state index in [4.69, 9.17) is 21.1 Å². The highest BCUT2D eigenvalue weighted by Crippen LogP contribution is 2.39. The summed E-state index contributed by atoms with van der Waals surface area (Å²) in [5.41, 5.74) is 1.80. The zero-order chi connectivity index (χ0) is 18.6. The number of thioether (sulfide) groups is 1. The van der Waals surface area contributed by atoms with Gasteiger partial charge in [-0.2, -0.15) is 0 Å². The lowest BCUT2D eigenvalue weighted by Gasteiger charge is -2.11. The first-order valence-electron chi connectivity index (χ1n) is 8.60. The van der Waals surface area contributed by atoms with Crippen LogP contribution >= 0.6 is 23.4 Å². The molecule has 0 atom stereocenters. The highest BCUT2D eigenvalue weighted by atomic mass is 35.5. The van der Waals surface area contributed by atoms with E-state index in [1.165, 1.54) is 11.8 Å². The lowest BCUT2D eigenvalue weighted by Crippen LogP contribution is -2.18. The van der Waals surface area contributed by atoms with Crippen molar-refractivity contribution < 1.29 is 9.47 Å². The van der Waals surface area contributed by atoms with Crippen LogP contribution in [0.15, 0.2) is 52.4 Å². The third kappa shape index (κ3) is 4.14. The van der Waals surface area contributed by atoms with Crippen LogP contribution in [0.5, 0.6) is 11.5 Å². The van der Waals surface area contributed by atoms with E-state index >= 15 is 0 Å². The zero-order valence-electron chi connectivity index (χ0n) is 14.5. The van der Waals surface area contributed by atoms with Crippen molar-refractivity contribution in [2.45, 2.75) is 23.9 Å². The van der Waals surface area contributed by atoms with Gasteiger partial charge in [0.25, 0.3) is 0 Å². The summed E-state index contributed by atoms with van der Waals surface area (Å²) in [7, 11) is 0. The Morgan fingerprint density at radius 3 is 2.81 bits per heavy atom. The number of ether oxygens (including phenoxy) is 2. The molecule has 3 aromatic rings. The van der Waals surface area contributed by atoms with Crippen molar-refractivity contribution in [2.24, 2.45) is 0 Å². The van der Waals surface area contributed by atoms with Gasteiger partial charge in [-0.3, -0.25) is 4.57 Å². The predicted molar refractivity (Wildman–Crippen MR) is 105 cm³/mol. The summed E-state index contributed by atoms with van der Waals surface area (Å²) in [5, 5.41) is 7.85. The van der Waals surface area contributed by atoms with Crippen molar-refractivity contribution in [1.82, 2.24) is 14.8 Å². The smallest absolute Gasteiger partial charge is 0.344 e. The van der Waals surface area contributed by atoms with E-state index in [1.807, 2.05) is 42.5 Å². The minimum absolute atomic E-state index is 0.224. The summed E-state index contributed by atoms with van der Waals surface area (Å²) in [6.45, 7) is 1.68. The first kappa shape index (κ1) is 18.0. The van der Waals surface area contributed by atoms with Crippen molar-refractivity contribution >= 4 is 23.4 Å². The zero-order valence-corrected chi connectivity index (χ0v) is 16.1. The molecule has 1 aliphatic heterocycles. The van der Waals surface area contributed by atoms with E-state index in [0.29, 0.717) is 47.2 Å². The molecule has 0 spiro atoms. The molecule has 0 amide bonds. The molecule has 0 aliphatic carbocycles. The summed E-state index contributed by atoms with van der Waals surface area (Å²) < 4.78 is 13.0. The molecule has 140 valence electrons. The molecule has 4 rings (SSSR count). The summed E-state index contributed by atoms with van der Waals surface area (Å²) >= 11 is 7.82. The van der Waals surface area contributed by atoms with Gasteiger partial charge in [0.1, 0.15) is 0 Å². The Labute approximate surface area is 165 Å². The molecule has 8 heteroatoms. The molecule has 1 aliphatic rings. The normalized spacial score (nSPS) is 13.4. The Kier molecular flexibility index (Phi) is 5.40. The molecular weight excluding hydrogens is 386 g/mol. The monoisotopic (exact) mass is 403 g/mol. The number of halogens is 1. The third-order valence-electron chi connectivity index (χ3n) is 4.14. The molecule has 0 fully saturated rings. The topological polar surface area (TPSA) is 69.1 Å². The first-order chi connectivity index (χ1) is 13.2. The highest BCUT2D eigenvalue weighted by molar-refractivity contribution is 7.98. The lowest BCUT2D eigenvalue weighted by atomic mass is 10.2. The quantitative estimate of drug-likeness (QED) is 0.657. The Bertz CT molecular complexity index is 988. The average Bonchev–Trinajstić information content (AvgIpc) is 2.87. The second-order valence-corrected chi connectivity index (χ2v) is 7.48. The van der Waals surface area contributed by atoms with Gasteiger partial charge in [0, 0.05) is 12.2 Å². The van der Waals surface area contributed by atoms with Crippen LogP contribution in [-0.2, 0) is 12.3 Å². The average molecular weight is 404 g/mol. The number of aromatic amines is 1. The van der Waals surface area contributed by atoms with Crippen LogP contribution in [0.2, 0.25) is 5.02 Å². The van der Waals surface area contributed by atoms with Crippen molar-refractivity contribution in [3.05, 3.63) is 69.1 Å². The molecule has 6 nitrogen and oxygen atoms in total. The summed E-state index contributed by atoms with van der Waals surface area (Å²) in [5.74, 6) is 1.87. The molecule has 2 heterocycles.